The Morgan fingerprint density at radius 2 is 1.67 bits per heavy atom. The van der Waals surface area contributed by atoms with Crippen LogP contribution in [0.3, 0.4) is 0 Å². The van der Waals surface area contributed by atoms with E-state index >= 15 is 0 Å². The predicted molar refractivity (Wildman–Crippen MR) is 127 cm³/mol. The van der Waals surface area contributed by atoms with Gasteiger partial charge in [-0.15, -0.1) is 0 Å². The van der Waals surface area contributed by atoms with Crippen LogP contribution in [-0.4, -0.2) is 74.6 Å². The van der Waals surface area contributed by atoms with Gasteiger partial charge in [-0.05, 0) is 139 Å². The van der Waals surface area contributed by atoms with E-state index in [2.05, 4.69) is 49.7 Å². The highest BCUT2D eigenvalue weighted by atomic mass is 15.1. The smallest absolute Gasteiger partial charge is 0.00951 e. The zero-order chi connectivity index (χ0) is 21.1. The van der Waals surface area contributed by atoms with Gasteiger partial charge in [0.1, 0.15) is 0 Å². The lowest BCUT2D eigenvalue weighted by Crippen LogP contribution is -2.52. The third-order valence-electron chi connectivity index (χ3n) is 11.0. The van der Waals surface area contributed by atoms with Crippen molar-refractivity contribution < 1.29 is 0 Å². The molecule has 6 atom stereocenters. The molecule has 3 saturated carbocycles. The molecule has 0 amide bonds. The molecule has 0 bridgehead atoms. The SMILES string of the molecule is C[C@H](C1CCC(N(C)CC2CC3(CCN(C)CC3)C2)C1)C1[C@@H](C)CC12CCN(C)C2. The molecule has 0 N–H and O–H groups in total. The molecular weight excluding hydrogens is 366 g/mol. The third-order valence-corrected chi connectivity index (χ3v) is 11.0. The van der Waals surface area contributed by atoms with Crippen LogP contribution in [0.2, 0.25) is 0 Å². The summed E-state index contributed by atoms with van der Waals surface area (Å²) < 4.78 is 0. The number of likely N-dealkylation sites (tertiary alicyclic amines) is 2. The summed E-state index contributed by atoms with van der Waals surface area (Å²) >= 11 is 0. The first-order valence-electron chi connectivity index (χ1n) is 13.4. The maximum absolute atomic E-state index is 2.79. The lowest BCUT2D eigenvalue weighted by atomic mass is 9.48. The molecule has 0 aromatic carbocycles. The summed E-state index contributed by atoms with van der Waals surface area (Å²) in [6, 6.07) is 0.865. The van der Waals surface area contributed by atoms with E-state index in [-0.39, 0.29) is 0 Å². The van der Waals surface area contributed by atoms with Crippen molar-refractivity contribution in [3.8, 4) is 0 Å². The van der Waals surface area contributed by atoms with Crippen molar-refractivity contribution in [2.24, 2.45) is 40.4 Å². The molecule has 2 saturated heterocycles. The Hall–Kier alpha value is -0.120. The molecule has 172 valence electrons. The van der Waals surface area contributed by atoms with Crippen molar-refractivity contribution in [1.82, 2.24) is 14.7 Å². The van der Waals surface area contributed by atoms with Gasteiger partial charge >= 0.3 is 0 Å². The molecule has 3 aliphatic carbocycles. The number of hydrogen-bond donors (Lipinski definition) is 0. The fourth-order valence-corrected chi connectivity index (χ4v) is 9.49. The van der Waals surface area contributed by atoms with Gasteiger partial charge in [0.05, 0.1) is 0 Å². The molecule has 4 unspecified atom stereocenters. The number of piperidine rings is 1. The van der Waals surface area contributed by atoms with Crippen molar-refractivity contribution in [2.75, 3.05) is 53.9 Å². The zero-order valence-corrected chi connectivity index (χ0v) is 20.7. The summed E-state index contributed by atoms with van der Waals surface area (Å²) in [5, 5.41) is 0. The highest BCUT2D eigenvalue weighted by Gasteiger charge is 2.57. The molecular formula is C27H49N3. The minimum atomic E-state index is 0.686. The van der Waals surface area contributed by atoms with E-state index in [1.807, 2.05) is 0 Å². The first kappa shape index (κ1) is 21.7. The summed E-state index contributed by atoms with van der Waals surface area (Å²) in [4.78, 5) is 7.93. The fourth-order valence-electron chi connectivity index (χ4n) is 9.49. The summed E-state index contributed by atoms with van der Waals surface area (Å²) in [5.74, 6) is 4.86. The quantitative estimate of drug-likeness (QED) is 0.637. The molecule has 0 radical (unpaired) electrons. The second kappa shape index (κ2) is 8.03. The number of nitrogens with zero attached hydrogens (tertiary/aromatic N) is 3. The van der Waals surface area contributed by atoms with E-state index in [9.17, 15) is 0 Å². The van der Waals surface area contributed by atoms with Crippen LogP contribution in [0.25, 0.3) is 0 Å². The minimum Gasteiger partial charge on any atom is -0.306 e. The van der Waals surface area contributed by atoms with Crippen molar-refractivity contribution in [1.29, 1.82) is 0 Å². The second-order valence-electron chi connectivity index (χ2n) is 13.2. The van der Waals surface area contributed by atoms with Crippen LogP contribution in [0.4, 0.5) is 0 Å². The van der Waals surface area contributed by atoms with Crippen LogP contribution in [0.5, 0.6) is 0 Å². The summed E-state index contributed by atoms with van der Waals surface area (Å²) in [7, 11) is 7.10. The number of rotatable bonds is 5. The Labute approximate surface area is 186 Å². The van der Waals surface area contributed by atoms with Gasteiger partial charge in [0.2, 0.25) is 0 Å². The Kier molecular flexibility index (Phi) is 5.81. The fraction of sp³-hybridized carbons (Fsp3) is 1.00. The van der Waals surface area contributed by atoms with Crippen molar-refractivity contribution in [3.63, 3.8) is 0 Å². The van der Waals surface area contributed by atoms with Gasteiger partial charge in [-0.2, -0.15) is 0 Å². The molecule has 2 heterocycles. The standard InChI is InChI=1S/C27H49N3/c1-20-15-27(10-13-29(4)19-27)25(20)21(2)23-6-7-24(14-23)30(5)18-22-16-26(17-22)8-11-28(3)12-9-26/h20-25H,6-19H2,1-5H3/t20-,21+,23?,24?,25?,27?/m0/s1. The van der Waals surface area contributed by atoms with Crippen molar-refractivity contribution >= 4 is 0 Å². The lowest BCUT2D eigenvalue weighted by molar-refractivity contribution is -0.0739. The maximum atomic E-state index is 2.79. The summed E-state index contributed by atoms with van der Waals surface area (Å²) in [6.45, 7) is 12.0. The Bertz CT molecular complexity index is 599. The Morgan fingerprint density at radius 1 is 0.967 bits per heavy atom. The highest BCUT2D eigenvalue weighted by molar-refractivity contribution is 5.07. The first-order valence-corrected chi connectivity index (χ1v) is 13.4. The van der Waals surface area contributed by atoms with Crippen LogP contribution in [0, 0.1) is 40.4 Å². The minimum absolute atomic E-state index is 0.686. The third kappa shape index (κ3) is 3.79. The Balaban J connectivity index is 1.10. The van der Waals surface area contributed by atoms with E-state index in [0.29, 0.717) is 5.41 Å². The molecule has 5 rings (SSSR count). The largest absolute Gasteiger partial charge is 0.306 e. The van der Waals surface area contributed by atoms with Crippen LogP contribution in [-0.2, 0) is 0 Å². The van der Waals surface area contributed by atoms with Gasteiger partial charge in [0.15, 0.2) is 0 Å². The molecule has 3 nitrogen and oxygen atoms in total. The molecule has 5 fully saturated rings. The molecule has 30 heavy (non-hydrogen) atoms. The zero-order valence-electron chi connectivity index (χ0n) is 20.7. The highest BCUT2D eigenvalue weighted by Crippen LogP contribution is 2.61. The van der Waals surface area contributed by atoms with Crippen molar-refractivity contribution in [2.45, 2.75) is 77.7 Å². The van der Waals surface area contributed by atoms with Gasteiger partial charge in [-0.25, -0.2) is 0 Å². The van der Waals surface area contributed by atoms with Crippen LogP contribution >= 0.6 is 0 Å². The van der Waals surface area contributed by atoms with E-state index in [0.717, 1.165) is 41.0 Å². The normalized spacial score (nSPS) is 43.4. The van der Waals surface area contributed by atoms with Crippen LogP contribution < -0.4 is 0 Å². The van der Waals surface area contributed by atoms with Gasteiger partial charge in [0.25, 0.3) is 0 Å². The average Bonchev–Trinajstić information content (AvgIpc) is 3.30. The summed E-state index contributed by atoms with van der Waals surface area (Å²) in [6.07, 6.45) is 13.4. The van der Waals surface area contributed by atoms with Gasteiger partial charge in [0, 0.05) is 19.1 Å². The van der Waals surface area contributed by atoms with E-state index in [1.165, 1.54) is 90.5 Å². The lowest BCUT2D eigenvalue weighted by Gasteiger charge is -2.56. The molecule has 0 aromatic heterocycles. The summed E-state index contributed by atoms with van der Waals surface area (Å²) in [5.41, 5.74) is 1.43. The molecule has 3 heteroatoms. The van der Waals surface area contributed by atoms with Gasteiger partial charge in [-0.3, -0.25) is 0 Å². The molecule has 2 spiro atoms. The van der Waals surface area contributed by atoms with E-state index in [1.54, 1.807) is 0 Å². The second-order valence-corrected chi connectivity index (χ2v) is 13.2. The molecule has 0 aromatic rings. The first-order chi connectivity index (χ1) is 14.3. The van der Waals surface area contributed by atoms with Gasteiger partial charge < -0.3 is 14.7 Å². The predicted octanol–water partition coefficient (Wildman–Crippen LogP) is 4.82. The van der Waals surface area contributed by atoms with E-state index in [4.69, 9.17) is 0 Å². The van der Waals surface area contributed by atoms with Crippen molar-refractivity contribution in [3.05, 3.63) is 0 Å². The van der Waals surface area contributed by atoms with Crippen LogP contribution in [0.1, 0.15) is 71.6 Å². The molecule has 5 aliphatic rings. The monoisotopic (exact) mass is 415 g/mol. The topological polar surface area (TPSA) is 9.72 Å². The van der Waals surface area contributed by atoms with E-state index < -0.39 is 0 Å². The van der Waals surface area contributed by atoms with Gasteiger partial charge in [-0.1, -0.05) is 13.8 Å². The Morgan fingerprint density at radius 3 is 2.30 bits per heavy atom. The average molecular weight is 416 g/mol. The molecule has 2 aliphatic heterocycles. The maximum Gasteiger partial charge on any atom is 0.00951 e. The number of hydrogen-bond acceptors (Lipinski definition) is 3. The van der Waals surface area contributed by atoms with Crippen LogP contribution in [0.15, 0.2) is 0 Å².